The van der Waals surface area contributed by atoms with Crippen molar-refractivity contribution in [1.29, 1.82) is 0 Å². The van der Waals surface area contributed by atoms with Gasteiger partial charge in [-0.1, -0.05) is 133 Å². The maximum absolute atomic E-state index is 5.34. The van der Waals surface area contributed by atoms with Gasteiger partial charge in [0.15, 0.2) is 0 Å². The molecule has 0 amide bonds. The lowest BCUT2D eigenvalue weighted by atomic mass is 9.90. The van der Waals surface area contributed by atoms with Gasteiger partial charge in [-0.2, -0.15) is 0 Å². The lowest BCUT2D eigenvalue weighted by molar-refractivity contribution is 1.53. The summed E-state index contributed by atoms with van der Waals surface area (Å²) < 4.78 is 0. The molecule has 0 atom stereocenters. The monoisotopic (exact) mass is 481 g/mol. The van der Waals surface area contributed by atoms with E-state index in [4.69, 9.17) is 4.98 Å². The highest BCUT2D eigenvalue weighted by atomic mass is 14.7. The highest BCUT2D eigenvalue weighted by molar-refractivity contribution is 6.21. The number of nitrogens with zero attached hydrogens (tertiary/aromatic N) is 1. The van der Waals surface area contributed by atoms with Gasteiger partial charge >= 0.3 is 0 Å². The average molecular weight is 482 g/mol. The zero-order valence-corrected chi connectivity index (χ0v) is 20.7. The normalized spacial score (nSPS) is 11.7. The van der Waals surface area contributed by atoms with Gasteiger partial charge < -0.3 is 0 Å². The minimum Gasteiger partial charge on any atom is -0.246 e. The first-order valence-electron chi connectivity index (χ1n) is 13.1. The second kappa shape index (κ2) is 8.26. The second-order valence-corrected chi connectivity index (χ2v) is 9.96. The smallest absolute Gasteiger partial charge is 0.0794 e. The number of hydrogen-bond acceptors (Lipinski definition) is 1. The summed E-state index contributed by atoms with van der Waals surface area (Å²) in [5.74, 6) is 0. The maximum atomic E-state index is 5.34. The molecule has 0 aliphatic rings. The van der Waals surface area contributed by atoms with E-state index < -0.39 is 0 Å². The Hall–Kier alpha value is -5.01. The van der Waals surface area contributed by atoms with Gasteiger partial charge in [0, 0.05) is 27.1 Å². The van der Waals surface area contributed by atoms with Gasteiger partial charge in [0.2, 0.25) is 0 Å². The molecule has 8 aromatic rings. The van der Waals surface area contributed by atoms with Crippen molar-refractivity contribution in [2.75, 3.05) is 0 Å². The van der Waals surface area contributed by atoms with Crippen molar-refractivity contribution in [1.82, 2.24) is 4.98 Å². The van der Waals surface area contributed by atoms with Gasteiger partial charge in [-0.05, 0) is 44.3 Å². The number of aromatic nitrogens is 1. The fourth-order valence-electron chi connectivity index (χ4n) is 6.04. The lowest BCUT2D eigenvalue weighted by Crippen LogP contribution is -1.92. The van der Waals surface area contributed by atoms with E-state index in [1.54, 1.807) is 0 Å². The Balaban J connectivity index is 1.50. The van der Waals surface area contributed by atoms with Crippen LogP contribution in [0.5, 0.6) is 0 Å². The van der Waals surface area contributed by atoms with Gasteiger partial charge in [0.1, 0.15) is 0 Å². The van der Waals surface area contributed by atoms with Crippen LogP contribution in [0.25, 0.3) is 76.4 Å². The molecule has 1 heterocycles. The molecular weight excluding hydrogens is 458 g/mol. The Morgan fingerprint density at radius 2 is 0.842 bits per heavy atom. The molecule has 38 heavy (non-hydrogen) atoms. The SMILES string of the molecule is c1cc(-c2cccc3ccccc23)cc(-c2c3ccc4ccccc4c3nc3c2ccc2ccccc23)c1. The molecule has 1 nitrogen and oxygen atoms in total. The van der Waals surface area contributed by atoms with E-state index >= 15 is 0 Å². The molecule has 1 heteroatoms. The first-order valence-corrected chi connectivity index (χ1v) is 13.1. The molecule has 0 spiro atoms. The van der Waals surface area contributed by atoms with Crippen LogP contribution in [0, 0.1) is 0 Å². The summed E-state index contributed by atoms with van der Waals surface area (Å²) in [4.78, 5) is 5.34. The van der Waals surface area contributed by atoms with Crippen LogP contribution in [0.1, 0.15) is 0 Å². The van der Waals surface area contributed by atoms with Gasteiger partial charge in [-0.15, -0.1) is 0 Å². The Morgan fingerprint density at radius 3 is 1.50 bits per heavy atom. The highest BCUT2D eigenvalue weighted by Gasteiger charge is 2.16. The number of benzene rings is 7. The topological polar surface area (TPSA) is 12.9 Å². The molecule has 1 aromatic heterocycles. The molecule has 0 aliphatic heterocycles. The van der Waals surface area contributed by atoms with Crippen LogP contribution in [0.3, 0.4) is 0 Å². The van der Waals surface area contributed by atoms with E-state index in [1.165, 1.54) is 65.3 Å². The fourth-order valence-corrected chi connectivity index (χ4v) is 6.04. The number of rotatable bonds is 2. The van der Waals surface area contributed by atoms with Crippen molar-refractivity contribution in [3.05, 3.63) is 140 Å². The van der Waals surface area contributed by atoms with Crippen LogP contribution in [0.4, 0.5) is 0 Å². The van der Waals surface area contributed by atoms with Crippen molar-refractivity contribution in [3.8, 4) is 22.3 Å². The van der Waals surface area contributed by atoms with Crippen LogP contribution in [-0.2, 0) is 0 Å². The van der Waals surface area contributed by atoms with Gasteiger partial charge in [-0.3, -0.25) is 0 Å². The van der Waals surface area contributed by atoms with E-state index in [-0.39, 0.29) is 0 Å². The summed E-state index contributed by atoms with van der Waals surface area (Å²) in [6, 6.07) is 50.3. The molecule has 0 N–H and O–H groups in total. The van der Waals surface area contributed by atoms with Gasteiger partial charge in [0.05, 0.1) is 11.0 Å². The Bertz CT molecular complexity index is 2090. The van der Waals surface area contributed by atoms with E-state index in [2.05, 4.69) is 140 Å². The van der Waals surface area contributed by atoms with E-state index in [1.807, 2.05) is 0 Å². The van der Waals surface area contributed by atoms with Crippen LogP contribution in [0.15, 0.2) is 140 Å². The van der Waals surface area contributed by atoms with E-state index in [0.29, 0.717) is 0 Å². The number of fused-ring (bicyclic) bond motifs is 7. The molecular formula is C37H23N. The maximum Gasteiger partial charge on any atom is 0.0794 e. The predicted molar refractivity (Wildman–Crippen MR) is 163 cm³/mol. The number of pyridine rings is 1. The van der Waals surface area contributed by atoms with Gasteiger partial charge in [0.25, 0.3) is 0 Å². The van der Waals surface area contributed by atoms with Crippen LogP contribution >= 0.6 is 0 Å². The molecule has 0 saturated heterocycles. The number of hydrogen-bond donors (Lipinski definition) is 0. The molecule has 8 rings (SSSR count). The van der Waals surface area contributed by atoms with E-state index in [0.717, 1.165) is 11.0 Å². The fraction of sp³-hybridized carbons (Fsp3) is 0. The summed E-state index contributed by atoms with van der Waals surface area (Å²) in [6.45, 7) is 0. The zero-order chi connectivity index (χ0) is 25.1. The summed E-state index contributed by atoms with van der Waals surface area (Å²) in [5.41, 5.74) is 7.03. The molecule has 7 aromatic carbocycles. The molecule has 0 bridgehead atoms. The average Bonchev–Trinajstić information content (AvgIpc) is 2.99. The van der Waals surface area contributed by atoms with E-state index in [9.17, 15) is 0 Å². The molecule has 0 aliphatic carbocycles. The summed E-state index contributed by atoms with van der Waals surface area (Å²) in [6.07, 6.45) is 0. The predicted octanol–water partition coefficient (Wildman–Crippen LogP) is 10.2. The van der Waals surface area contributed by atoms with Crippen molar-refractivity contribution in [2.45, 2.75) is 0 Å². The Kier molecular flexibility index (Phi) is 4.59. The van der Waals surface area contributed by atoms with Crippen molar-refractivity contribution < 1.29 is 0 Å². The summed E-state index contributed by atoms with van der Waals surface area (Å²) >= 11 is 0. The summed E-state index contributed by atoms with van der Waals surface area (Å²) in [5, 5.41) is 9.69. The van der Waals surface area contributed by atoms with Crippen molar-refractivity contribution >= 4 is 54.1 Å². The third-order valence-electron chi connectivity index (χ3n) is 7.82. The zero-order valence-electron chi connectivity index (χ0n) is 20.7. The quantitative estimate of drug-likeness (QED) is 0.177. The third kappa shape index (κ3) is 3.16. The van der Waals surface area contributed by atoms with Crippen molar-refractivity contribution in [3.63, 3.8) is 0 Å². The lowest BCUT2D eigenvalue weighted by Gasteiger charge is -2.16. The highest BCUT2D eigenvalue weighted by Crippen LogP contribution is 2.41. The van der Waals surface area contributed by atoms with Gasteiger partial charge in [-0.25, -0.2) is 4.98 Å². The first-order chi connectivity index (χ1) is 18.8. The third-order valence-corrected chi connectivity index (χ3v) is 7.82. The summed E-state index contributed by atoms with van der Waals surface area (Å²) in [7, 11) is 0. The molecule has 0 saturated carbocycles. The van der Waals surface area contributed by atoms with Crippen LogP contribution in [-0.4, -0.2) is 4.98 Å². The van der Waals surface area contributed by atoms with Crippen molar-refractivity contribution in [2.24, 2.45) is 0 Å². The first kappa shape index (κ1) is 21.1. The second-order valence-electron chi connectivity index (χ2n) is 9.96. The molecule has 0 radical (unpaired) electrons. The Labute approximate surface area is 220 Å². The molecule has 0 fully saturated rings. The van der Waals surface area contributed by atoms with Crippen LogP contribution < -0.4 is 0 Å². The largest absolute Gasteiger partial charge is 0.246 e. The molecule has 0 unspecified atom stereocenters. The minimum absolute atomic E-state index is 1.05. The Morgan fingerprint density at radius 1 is 0.342 bits per heavy atom. The standard InChI is InChI=1S/C37H23N/c1-4-15-29-24(9-1)12-8-18-30(29)27-13-7-14-28(23-27)35-33-21-19-25-10-2-5-16-31(25)36(33)38-37-32-17-6-3-11-26(32)20-22-34(35)37/h1-23H. The van der Waals surface area contributed by atoms with Crippen LogP contribution in [0.2, 0.25) is 0 Å². The minimum atomic E-state index is 1.05. The molecule has 176 valence electrons.